The molecule has 0 spiro atoms. The van der Waals surface area contributed by atoms with Crippen LogP contribution in [0, 0.1) is 18.3 Å². The highest BCUT2D eigenvalue weighted by atomic mass is 35.5. The third kappa shape index (κ3) is 5.05. The molecule has 0 radical (unpaired) electrons. The molecule has 31 heavy (non-hydrogen) atoms. The molecule has 0 unspecified atom stereocenters. The molecule has 1 amide bonds. The monoisotopic (exact) mass is 465 g/mol. The fourth-order valence-corrected chi connectivity index (χ4v) is 3.10. The van der Waals surface area contributed by atoms with Crippen molar-refractivity contribution >= 4 is 41.0 Å². The summed E-state index contributed by atoms with van der Waals surface area (Å²) in [5.74, 6) is -0.624. The number of aryl methyl sites for hydroxylation is 1. The zero-order valence-electron chi connectivity index (χ0n) is 15.7. The minimum Gasteiger partial charge on any atom is -0.306 e. The number of hydrogen-bond acceptors (Lipinski definition) is 4. The molecule has 1 N–H and O–H groups in total. The van der Waals surface area contributed by atoms with E-state index >= 15 is 0 Å². The van der Waals surface area contributed by atoms with Crippen molar-refractivity contribution in [2.45, 2.75) is 13.1 Å². The average Bonchev–Trinajstić information content (AvgIpc) is 2.99. The van der Waals surface area contributed by atoms with E-state index in [9.17, 15) is 23.2 Å². The van der Waals surface area contributed by atoms with Gasteiger partial charge in [-0.2, -0.15) is 23.5 Å². The Labute approximate surface area is 184 Å². The summed E-state index contributed by atoms with van der Waals surface area (Å²) in [6, 6.07) is 9.14. The van der Waals surface area contributed by atoms with Crippen LogP contribution in [0.3, 0.4) is 0 Å². The SMILES string of the molecule is Cc1nn(-c2cccc(C(F)(F)F)c2)c(Cl)c1/C=C(\C#N)C(=O)Nc1cc(Cl)ccn1. The van der Waals surface area contributed by atoms with Crippen LogP contribution in [-0.2, 0) is 11.0 Å². The van der Waals surface area contributed by atoms with Gasteiger partial charge >= 0.3 is 6.18 Å². The highest BCUT2D eigenvalue weighted by molar-refractivity contribution is 6.32. The standard InChI is InChI=1S/C20H12Cl2F3N5O/c1-11-16(7-12(10-26)19(31)28-17-9-14(21)5-6-27-17)18(22)30(29-11)15-4-2-3-13(8-15)20(23,24)25/h2-9H,1H3,(H,27,28,31)/b12-7+. The second-order valence-corrected chi connectivity index (χ2v) is 7.03. The van der Waals surface area contributed by atoms with Crippen LogP contribution in [0.2, 0.25) is 10.2 Å². The van der Waals surface area contributed by atoms with E-state index in [4.69, 9.17) is 23.2 Å². The van der Waals surface area contributed by atoms with Gasteiger partial charge < -0.3 is 5.32 Å². The van der Waals surface area contributed by atoms with Crippen LogP contribution in [0.4, 0.5) is 19.0 Å². The number of nitrogens with one attached hydrogen (secondary N) is 1. The number of nitriles is 1. The topological polar surface area (TPSA) is 83.6 Å². The molecule has 158 valence electrons. The molecular formula is C20H12Cl2F3N5O. The first-order chi connectivity index (χ1) is 14.6. The molecule has 0 aliphatic carbocycles. The first-order valence-corrected chi connectivity index (χ1v) is 9.33. The van der Waals surface area contributed by atoms with Gasteiger partial charge in [-0.15, -0.1) is 0 Å². The highest BCUT2D eigenvalue weighted by Crippen LogP contribution is 2.32. The summed E-state index contributed by atoms with van der Waals surface area (Å²) in [6.45, 7) is 1.55. The molecule has 3 aromatic rings. The van der Waals surface area contributed by atoms with Crippen LogP contribution in [0.5, 0.6) is 0 Å². The van der Waals surface area contributed by atoms with Gasteiger partial charge in [-0.25, -0.2) is 9.67 Å². The van der Waals surface area contributed by atoms with E-state index in [1.54, 1.807) is 13.0 Å². The second kappa shape index (κ2) is 8.79. The zero-order chi connectivity index (χ0) is 22.8. The largest absolute Gasteiger partial charge is 0.416 e. The molecule has 0 saturated carbocycles. The first-order valence-electron chi connectivity index (χ1n) is 8.57. The summed E-state index contributed by atoms with van der Waals surface area (Å²) < 4.78 is 40.1. The van der Waals surface area contributed by atoms with Gasteiger partial charge in [0.05, 0.1) is 16.9 Å². The number of anilines is 1. The van der Waals surface area contributed by atoms with Crippen molar-refractivity contribution in [1.82, 2.24) is 14.8 Å². The van der Waals surface area contributed by atoms with E-state index < -0.39 is 17.6 Å². The van der Waals surface area contributed by atoms with Crippen molar-refractivity contribution in [2.24, 2.45) is 0 Å². The number of rotatable bonds is 4. The molecule has 0 bridgehead atoms. The van der Waals surface area contributed by atoms with Gasteiger partial charge in [0.1, 0.15) is 22.6 Å². The van der Waals surface area contributed by atoms with Gasteiger partial charge in [0, 0.05) is 16.8 Å². The minimum atomic E-state index is -4.53. The van der Waals surface area contributed by atoms with Crippen LogP contribution in [-0.4, -0.2) is 20.7 Å². The van der Waals surface area contributed by atoms with Gasteiger partial charge in [-0.05, 0) is 43.3 Å². The molecule has 2 heterocycles. The fraction of sp³-hybridized carbons (Fsp3) is 0.100. The fourth-order valence-electron chi connectivity index (χ4n) is 2.61. The molecule has 3 rings (SSSR count). The molecule has 6 nitrogen and oxygen atoms in total. The number of carbonyl (C=O) groups excluding carboxylic acids is 1. The predicted octanol–water partition coefficient (Wildman–Crippen LogP) is 5.45. The maximum atomic E-state index is 13.0. The van der Waals surface area contributed by atoms with Crippen molar-refractivity contribution in [1.29, 1.82) is 5.26 Å². The number of amides is 1. The molecule has 0 aliphatic heterocycles. The summed E-state index contributed by atoms with van der Waals surface area (Å²) in [5.41, 5.74) is -0.574. The summed E-state index contributed by atoms with van der Waals surface area (Å²) in [6.07, 6.45) is -1.95. The van der Waals surface area contributed by atoms with Crippen LogP contribution < -0.4 is 5.32 Å². The molecule has 1 aromatic carbocycles. The Bertz CT molecular complexity index is 1230. The van der Waals surface area contributed by atoms with Gasteiger partial charge in [-0.3, -0.25) is 4.79 Å². The summed E-state index contributed by atoms with van der Waals surface area (Å²) in [4.78, 5) is 16.4. The maximum Gasteiger partial charge on any atom is 0.416 e. The number of nitrogens with zero attached hydrogens (tertiary/aromatic N) is 4. The first kappa shape index (κ1) is 22.3. The van der Waals surface area contributed by atoms with Crippen molar-refractivity contribution in [3.8, 4) is 11.8 Å². The Morgan fingerprint density at radius 1 is 1.26 bits per heavy atom. The molecule has 2 aromatic heterocycles. The third-order valence-electron chi connectivity index (χ3n) is 4.08. The van der Waals surface area contributed by atoms with Crippen LogP contribution in [0.25, 0.3) is 11.8 Å². The lowest BCUT2D eigenvalue weighted by atomic mass is 10.1. The van der Waals surface area contributed by atoms with Gasteiger partial charge in [-0.1, -0.05) is 29.3 Å². The second-order valence-electron chi connectivity index (χ2n) is 6.23. The van der Waals surface area contributed by atoms with Gasteiger partial charge in [0.15, 0.2) is 0 Å². The van der Waals surface area contributed by atoms with Crippen molar-refractivity contribution < 1.29 is 18.0 Å². The zero-order valence-corrected chi connectivity index (χ0v) is 17.2. The van der Waals surface area contributed by atoms with Crippen molar-refractivity contribution in [3.63, 3.8) is 0 Å². The lowest BCUT2D eigenvalue weighted by Crippen LogP contribution is -2.14. The summed E-state index contributed by atoms with van der Waals surface area (Å²) >= 11 is 12.2. The molecular weight excluding hydrogens is 454 g/mol. The third-order valence-corrected chi connectivity index (χ3v) is 4.68. The molecule has 0 fully saturated rings. The quantitative estimate of drug-likeness (QED) is 0.410. The number of pyridine rings is 1. The number of aromatic nitrogens is 3. The minimum absolute atomic E-state index is 0.0572. The van der Waals surface area contributed by atoms with Crippen molar-refractivity contribution in [2.75, 3.05) is 5.32 Å². The number of hydrogen-bond donors (Lipinski definition) is 1. The van der Waals surface area contributed by atoms with Gasteiger partial charge in [0.25, 0.3) is 5.91 Å². The maximum absolute atomic E-state index is 13.0. The smallest absolute Gasteiger partial charge is 0.306 e. The van der Waals surface area contributed by atoms with Crippen LogP contribution >= 0.6 is 23.2 Å². The van der Waals surface area contributed by atoms with E-state index in [1.807, 2.05) is 0 Å². The number of benzene rings is 1. The predicted molar refractivity (Wildman–Crippen MR) is 110 cm³/mol. The number of alkyl halides is 3. The number of halogens is 5. The number of carbonyl (C=O) groups is 1. The normalized spacial score (nSPS) is 11.8. The van der Waals surface area contributed by atoms with Gasteiger partial charge in [0.2, 0.25) is 0 Å². The average molecular weight is 466 g/mol. The molecule has 0 atom stereocenters. The lowest BCUT2D eigenvalue weighted by Gasteiger charge is -2.09. The van der Waals surface area contributed by atoms with E-state index in [0.29, 0.717) is 10.7 Å². The van der Waals surface area contributed by atoms with E-state index in [2.05, 4.69) is 15.4 Å². The van der Waals surface area contributed by atoms with Crippen LogP contribution in [0.1, 0.15) is 16.8 Å². The summed E-state index contributed by atoms with van der Waals surface area (Å²) in [5, 5.41) is 16.3. The molecule has 0 aliphatic rings. The Balaban J connectivity index is 1.96. The molecule has 11 heteroatoms. The Morgan fingerprint density at radius 3 is 2.65 bits per heavy atom. The van der Waals surface area contributed by atoms with Crippen LogP contribution in [0.15, 0.2) is 48.2 Å². The summed E-state index contributed by atoms with van der Waals surface area (Å²) in [7, 11) is 0. The van der Waals surface area contributed by atoms with E-state index in [-0.39, 0.29) is 27.8 Å². The van der Waals surface area contributed by atoms with E-state index in [1.165, 1.54) is 36.5 Å². The Morgan fingerprint density at radius 2 is 2.00 bits per heavy atom. The highest BCUT2D eigenvalue weighted by Gasteiger charge is 2.31. The van der Waals surface area contributed by atoms with Crippen molar-refractivity contribution in [3.05, 3.63) is 75.2 Å². The molecule has 0 saturated heterocycles. The van der Waals surface area contributed by atoms with E-state index in [0.717, 1.165) is 16.8 Å². The Hall–Kier alpha value is -3.35. The Kier molecular flexibility index (Phi) is 6.34. The lowest BCUT2D eigenvalue weighted by molar-refractivity contribution is -0.137.